The Morgan fingerprint density at radius 3 is 2.67 bits per heavy atom. The van der Waals surface area contributed by atoms with E-state index in [2.05, 4.69) is 42.3 Å². The molecule has 4 rings (SSSR count). The van der Waals surface area contributed by atoms with Crippen molar-refractivity contribution >= 4 is 18.4 Å². The molecule has 2 N–H and O–H groups in total. The summed E-state index contributed by atoms with van der Waals surface area (Å²) < 4.78 is 28.5. The molecule has 1 aliphatic heterocycles. The quantitative estimate of drug-likeness (QED) is 0.500. The Kier molecular flexibility index (Phi) is 5.68. The number of amides is 1. The SMILES string of the molecule is C=NCC1(n2cc(-c3cn[nH]c3C)cn2)CN(c2cnc(C(=O)N[C@@H](C)C(C)(F)F)cn2)C1. The van der Waals surface area contributed by atoms with Crippen molar-refractivity contribution in [2.24, 2.45) is 4.99 Å². The molecule has 174 valence electrons. The summed E-state index contributed by atoms with van der Waals surface area (Å²) in [5, 5.41) is 13.8. The molecule has 3 aromatic rings. The van der Waals surface area contributed by atoms with Gasteiger partial charge in [0.15, 0.2) is 0 Å². The zero-order valence-electron chi connectivity index (χ0n) is 18.6. The van der Waals surface area contributed by atoms with E-state index in [-0.39, 0.29) is 5.69 Å². The lowest BCUT2D eigenvalue weighted by Gasteiger charge is -2.49. The number of aromatic amines is 1. The fourth-order valence-electron chi connectivity index (χ4n) is 3.71. The standard InChI is InChI=1S/C21H25F2N9O/c1-13-16(6-27-30-13)15-5-28-32(9-15)21(10-24-4)11-31(12-21)18-8-25-17(7-26-18)19(33)29-14(2)20(3,22)23/h5-9,14H,4,10-12H2,1-3H3,(H,27,30)(H,29,33)/t14-/m0/s1. The predicted molar refractivity (Wildman–Crippen MR) is 119 cm³/mol. The summed E-state index contributed by atoms with van der Waals surface area (Å²) in [5.74, 6) is -3.17. The summed E-state index contributed by atoms with van der Waals surface area (Å²) in [5.41, 5.74) is 2.47. The van der Waals surface area contributed by atoms with E-state index in [1.54, 1.807) is 12.4 Å². The van der Waals surface area contributed by atoms with E-state index in [1.165, 1.54) is 19.3 Å². The molecule has 0 bridgehead atoms. The van der Waals surface area contributed by atoms with Crippen LogP contribution in [-0.4, -0.2) is 74.2 Å². The van der Waals surface area contributed by atoms with Crippen molar-refractivity contribution in [1.82, 2.24) is 35.3 Å². The summed E-state index contributed by atoms with van der Waals surface area (Å²) in [7, 11) is 0. The Balaban J connectivity index is 1.45. The molecule has 3 aromatic heterocycles. The average Bonchev–Trinajstić information content (AvgIpc) is 3.39. The molecule has 10 nitrogen and oxygen atoms in total. The van der Waals surface area contributed by atoms with E-state index in [9.17, 15) is 13.6 Å². The maximum atomic E-state index is 13.3. The number of alkyl halides is 2. The monoisotopic (exact) mass is 457 g/mol. The summed E-state index contributed by atoms with van der Waals surface area (Å²) in [6, 6.07) is -1.32. The Morgan fingerprint density at radius 2 is 2.09 bits per heavy atom. The van der Waals surface area contributed by atoms with E-state index in [0.29, 0.717) is 25.5 Å². The van der Waals surface area contributed by atoms with Crippen LogP contribution in [0.15, 0.2) is 36.0 Å². The van der Waals surface area contributed by atoms with Crippen LogP contribution in [0, 0.1) is 6.92 Å². The van der Waals surface area contributed by atoms with Crippen molar-refractivity contribution in [3.63, 3.8) is 0 Å². The molecule has 0 aliphatic carbocycles. The van der Waals surface area contributed by atoms with E-state index >= 15 is 0 Å². The minimum absolute atomic E-state index is 0.0263. The summed E-state index contributed by atoms with van der Waals surface area (Å²) >= 11 is 0. The molecule has 4 heterocycles. The second-order valence-electron chi connectivity index (χ2n) is 8.46. The zero-order chi connectivity index (χ0) is 23.8. The number of rotatable bonds is 8. The first-order valence-electron chi connectivity index (χ1n) is 10.4. The number of aryl methyl sites for hydroxylation is 1. The van der Waals surface area contributed by atoms with Gasteiger partial charge < -0.3 is 10.2 Å². The van der Waals surface area contributed by atoms with Crippen LogP contribution in [0.25, 0.3) is 11.1 Å². The summed E-state index contributed by atoms with van der Waals surface area (Å²) in [6.07, 6.45) is 8.25. The van der Waals surface area contributed by atoms with Crippen LogP contribution in [0.2, 0.25) is 0 Å². The van der Waals surface area contributed by atoms with Crippen molar-refractivity contribution in [2.75, 3.05) is 24.5 Å². The first-order valence-corrected chi connectivity index (χ1v) is 10.4. The maximum absolute atomic E-state index is 13.3. The number of hydrogen-bond acceptors (Lipinski definition) is 7. The fourth-order valence-corrected chi connectivity index (χ4v) is 3.71. The van der Waals surface area contributed by atoms with Gasteiger partial charge in [-0.1, -0.05) is 0 Å². The topological polar surface area (TPSA) is 117 Å². The Morgan fingerprint density at radius 1 is 1.33 bits per heavy atom. The number of nitrogens with zero attached hydrogens (tertiary/aromatic N) is 7. The van der Waals surface area contributed by atoms with Crippen LogP contribution in [0.1, 0.15) is 30.0 Å². The molecule has 12 heteroatoms. The Labute approximate surface area is 189 Å². The van der Waals surface area contributed by atoms with Crippen LogP contribution in [0.5, 0.6) is 0 Å². The second kappa shape index (κ2) is 8.34. The minimum atomic E-state index is -3.04. The van der Waals surface area contributed by atoms with Gasteiger partial charge in [0, 0.05) is 43.0 Å². The molecule has 0 spiro atoms. The number of H-pyrrole nitrogens is 1. The van der Waals surface area contributed by atoms with Gasteiger partial charge in [0.2, 0.25) is 0 Å². The molecular weight excluding hydrogens is 432 g/mol. The van der Waals surface area contributed by atoms with Gasteiger partial charge in [-0.3, -0.25) is 19.6 Å². The highest BCUT2D eigenvalue weighted by Gasteiger charge is 2.46. The lowest BCUT2D eigenvalue weighted by atomic mass is 9.90. The van der Waals surface area contributed by atoms with Crippen LogP contribution in [0.4, 0.5) is 14.6 Å². The maximum Gasteiger partial charge on any atom is 0.271 e. The van der Waals surface area contributed by atoms with Crippen molar-refractivity contribution < 1.29 is 13.6 Å². The largest absolute Gasteiger partial charge is 0.350 e. The smallest absolute Gasteiger partial charge is 0.271 e. The molecule has 0 saturated carbocycles. The number of aliphatic imine (C=N–C) groups is 1. The van der Waals surface area contributed by atoms with E-state index in [0.717, 1.165) is 23.7 Å². The van der Waals surface area contributed by atoms with Crippen molar-refractivity contribution in [2.45, 2.75) is 38.3 Å². The van der Waals surface area contributed by atoms with Gasteiger partial charge in [0.1, 0.15) is 17.1 Å². The second-order valence-corrected chi connectivity index (χ2v) is 8.46. The molecule has 1 fully saturated rings. The normalized spacial score (nSPS) is 16.2. The van der Waals surface area contributed by atoms with E-state index < -0.39 is 23.4 Å². The number of nitrogens with one attached hydrogen (secondary N) is 2. The average molecular weight is 457 g/mol. The number of hydrogen-bond donors (Lipinski definition) is 2. The zero-order valence-corrected chi connectivity index (χ0v) is 18.6. The molecular formula is C21H25F2N9O. The molecule has 1 aliphatic rings. The van der Waals surface area contributed by atoms with Crippen molar-refractivity contribution in [3.8, 4) is 11.1 Å². The van der Waals surface area contributed by atoms with Gasteiger partial charge in [0.05, 0.1) is 37.4 Å². The first kappa shape index (κ1) is 22.5. The molecule has 33 heavy (non-hydrogen) atoms. The van der Waals surface area contributed by atoms with Gasteiger partial charge in [-0.15, -0.1) is 0 Å². The van der Waals surface area contributed by atoms with Crippen LogP contribution in [-0.2, 0) is 5.54 Å². The molecule has 1 atom stereocenters. The third kappa shape index (κ3) is 4.32. The van der Waals surface area contributed by atoms with Crippen LogP contribution in [0.3, 0.4) is 0 Å². The van der Waals surface area contributed by atoms with E-state index in [1.807, 2.05) is 22.7 Å². The van der Waals surface area contributed by atoms with E-state index in [4.69, 9.17) is 0 Å². The van der Waals surface area contributed by atoms with Crippen molar-refractivity contribution in [3.05, 3.63) is 42.4 Å². The van der Waals surface area contributed by atoms with Gasteiger partial charge in [-0.2, -0.15) is 10.2 Å². The highest BCUT2D eigenvalue weighted by molar-refractivity contribution is 5.92. The van der Waals surface area contributed by atoms with Crippen LogP contribution < -0.4 is 10.2 Å². The summed E-state index contributed by atoms with van der Waals surface area (Å²) in [4.78, 5) is 26.6. The van der Waals surface area contributed by atoms with Crippen molar-refractivity contribution in [1.29, 1.82) is 0 Å². The molecule has 0 radical (unpaired) electrons. The summed E-state index contributed by atoms with van der Waals surface area (Å²) in [6.45, 7) is 9.17. The third-order valence-electron chi connectivity index (χ3n) is 5.89. The number of aromatic nitrogens is 6. The fraction of sp³-hybridized carbons (Fsp3) is 0.429. The van der Waals surface area contributed by atoms with Gasteiger partial charge in [0.25, 0.3) is 11.8 Å². The predicted octanol–water partition coefficient (Wildman–Crippen LogP) is 2.06. The molecule has 0 unspecified atom stereocenters. The van der Waals surface area contributed by atoms with Crippen LogP contribution >= 0.6 is 0 Å². The molecule has 0 aromatic carbocycles. The molecule has 1 amide bonds. The lowest BCUT2D eigenvalue weighted by Crippen LogP contribution is -2.65. The highest BCUT2D eigenvalue weighted by atomic mass is 19.3. The Hall–Kier alpha value is -3.70. The number of carbonyl (C=O) groups excluding carboxylic acids is 1. The minimum Gasteiger partial charge on any atom is -0.350 e. The third-order valence-corrected chi connectivity index (χ3v) is 5.89. The van der Waals surface area contributed by atoms with Gasteiger partial charge in [-0.25, -0.2) is 18.7 Å². The Bertz CT molecular complexity index is 1140. The first-order chi connectivity index (χ1) is 15.6. The number of halogens is 2. The number of carbonyl (C=O) groups is 1. The number of anilines is 1. The highest BCUT2D eigenvalue weighted by Crippen LogP contribution is 2.34. The van der Waals surface area contributed by atoms with Gasteiger partial charge in [-0.05, 0) is 20.6 Å². The lowest BCUT2D eigenvalue weighted by molar-refractivity contribution is -0.0109. The molecule has 1 saturated heterocycles. The van der Waals surface area contributed by atoms with Gasteiger partial charge >= 0.3 is 0 Å².